The summed E-state index contributed by atoms with van der Waals surface area (Å²) in [6.07, 6.45) is 0. The third-order valence-corrected chi connectivity index (χ3v) is 5.03. The Balaban J connectivity index is 1.81. The van der Waals surface area contributed by atoms with E-state index < -0.39 is 23.3 Å². The van der Waals surface area contributed by atoms with Gasteiger partial charge in [0.15, 0.2) is 5.78 Å². The molecule has 0 fully saturated rings. The van der Waals surface area contributed by atoms with Crippen LogP contribution >= 0.6 is 11.6 Å². The summed E-state index contributed by atoms with van der Waals surface area (Å²) in [7, 11) is 0. The van der Waals surface area contributed by atoms with Gasteiger partial charge in [0.05, 0.1) is 24.7 Å². The summed E-state index contributed by atoms with van der Waals surface area (Å²) in [6, 6.07) is 17.0. The van der Waals surface area contributed by atoms with Gasteiger partial charge in [-0.15, -0.1) is 0 Å². The van der Waals surface area contributed by atoms with Crippen molar-refractivity contribution in [2.24, 2.45) is 5.73 Å². The topological polar surface area (TPSA) is 72.6 Å². The number of rotatable bonds is 9. The van der Waals surface area contributed by atoms with E-state index in [1.54, 1.807) is 0 Å². The van der Waals surface area contributed by atoms with Gasteiger partial charge in [0.25, 0.3) is 5.91 Å². The Bertz CT molecular complexity index is 1110. The molecule has 3 rings (SSSR count). The van der Waals surface area contributed by atoms with Crippen molar-refractivity contribution < 1.29 is 23.1 Å². The van der Waals surface area contributed by atoms with Crippen molar-refractivity contribution in [3.63, 3.8) is 0 Å². The first-order chi connectivity index (χ1) is 15.4. The van der Waals surface area contributed by atoms with E-state index >= 15 is 0 Å². The molecule has 0 aliphatic heterocycles. The maximum atomic E-state index is 14.7. The van der Waals surface area contributed by atoms with Gasteiger partial charge in [-0.05, 0) is 29.8 Å². The largest absolute Gasteiger partial charge is 0.367 e. The lowest BCUT2D eigenvalue weighted by molar-refractivity contribution is -0.123. The first-order valence-corrected chi connectivity index (χ1v) is 10.2. The van der Waals surface area contributed by atoms with Gasteiger partial charge in [0, 0.05) is 16.8 Å². The van der Waals surface area contributed by atoms with Crippen molar-refractivity contribution >= 4 is 29.0 Å². The fourth-order valence-corrected chi connectivity index (χ4v) is 3.20. The number of anilines is 1. The first-order valence-electron chi connectivity index (χ1n) is 9.78. The molecule has 0 atom stereocenters. The molecule has 166 valence electrons. The molecule has 3 aromatic rings. The van der Waals surface area contributed by atoms with Crippen LogP contribution in [0.5, 0.6) is 0 Å². The summed E-state index contributed by atoms with van der Waals surface area (Å²) >= 11 is 5.89. The van der Waals surface area contributed by atoms with E-state index in [1.165, 1.54) is 29.2 Å². The van der Waals surface area contributed by atoms with Gasteiger partial charge >= 0.3 is 0 Å². The fourth-order valence-electron chi connectivity index (χ4n) is 3.02. The smallest absolute Gasteiger partial charge is 0.253 e. The van der Waals surface area contributed by atoms with Crippen molar-refractivity contribution in [3.05, 3.63) is 100 Å². The molecular weight excluding hydrogens is 438 g/mol. The number of ether oxygens (including phenoxy) is 1. The number of amides is 1. The molecule has 0 unspecified atom stereocenters. The van der Waals surface area contributed by atoms with Crippen LogP contribution in [-0.4, -0.2) is 24.8 Å². The molecular formula is C24H21ClF2N2O3. The van der Waals surface area contributed by atoms with Crippen LogP contribution in [0.25, 0.3) is 0 Å². The second-order valence-corrected chi connectivity index (χ2v) is 7.40. The van der Waals surface area contributed by atoms with E-state index in [0.717, 1.165) is 17.7 Å². The van der Waals surface area contributed by atoms with Crippen LogP contribution < -0.4 is 10.6 Å². The minimum atomic E-state index is -0.666. The van der Waals surface area contributed by atoms with E-state index in [0.29, 0.717) is 0 Å². The molecule has 8 heteroatoms. The first kappa shape index (κ1) is 23.5. The molecule has 0 saturated carbocycles. The van der Waals surface area contributed by atoms with Crippen LogP contribution in [0, 0.1) is 11.6 Å². The quantitative estimate of drug-likeness (QED) is 0.479. The summed E-state index contributed by atoms with van der Waals surface area (Å²) in [6.45, 7) is -0.473. The molecule has 32 heavy (non-hydrogen) atoms. The number of ketones is 1. The highest BCUT2D eigenvalue weighted by Gasteiger charge is 2.20. The minimum absolute atomic E-state index is 0.141. The number of hydrogen-bond acceptors (Lipinski definition) is 4. The summed E-state index contributed by atoms with van der Waals surface area (Å²) in [5.74, 6) is -2.17. The molecule has 0 heterocycles. The zero-order chi connectivity index (χ0) is 23.1. The Morgan fingerprint density at radius 3 is 2.38 bits per heavy atom. The summed E-state index contributed by atoms with van der Waals surface area (Å²) < 4.78 is 33.8. The number of nitrogens with zero attached hydrogens (tertiary/aromatic N) is 1. The van der Waals surface area contributed by atoms with E-state index in [2.05, 4.69) is 0 Å². The molecule has 0 bridgehead atoms. The van der Waals surface area contributed by atoms with Gasteiger partial charge in [-0.3, -0.25) is 9.59 Å². The van der Waals surface area contributed by atoms with Crippen LogP contribution in [0.4, 0.5) is 14.5 Å². The van der Waals surface area contributed by atoms with Crippen molar-refractivity contribution in [3.8, 4) is 0 Å². The Morgan fingerprint density at radius 2 is 1.72 bits per heavy atom. The molecule has 0 aliphatic carbocycles. The van der Waals surface area contributed by atoms with Gasteiger partial charge in [0.1, 0.15) is 18.2 Å². The monoisotopic (exact) mass is 458 g/mol. The molecule has 0 aromatic heterocycles. The lowest BCUT2D eigenvalue weighted by Gasteiger charge is -2.24. The van der Waals surface area contributed by atoms with E-state index in [9.17, 15) is 18.4 Å². The normalized spacial score (nSPS) is 10.8. The second-order valence-electron chi connectivity index (χ2n) is 6.99. The van der Waals surface area contributed by atoms with Crippen molar-refractivity contribution in [2.45, 2.75) is 13.2 Å². The fraction of sp³-hybridized carbons (Fsp3) is 0.167. The Morgan fingerprint density at radius 1 is 0.969 bits per heavy atom. The van der Waals surface area contributed by atoms with Gasteiger partial charge < -0.3 is 15.4 Å². The second kappa shape index (κ2) is 10.9. The van der Waals surface area contributed by atoms with Crippen LogP contribution in [0.1, 0.15) is 21.5 Å². The number of halogens is 3. The van der Waals surface area contributed by atoms with Crippen molar-refractivity contribution in [1.82, 2.24) is 0 Å². The maximum Gasteiger partial charge on any atom is 0.253 e. The molecule has 0 radical (unpaired) electrons. The van der Waals surface area contributed by atoms with E-state index in [1.807, 2.05) is 30.3 Å². The number of hydrogen-bond donors (Lipinski definition) is 1. The third kappa shape index (κ3) is 5.97. The lowest BCUT2D eigenvalue weighted by Crippen LogP contribution is -2.34. The highest BCUT2D eigenvalue weighted by Crippen LogP contribution is 2.25. The van der Waals surface area contributed by atoms with Crippen LogP contribution in [-0.2, 0) is 22.7 Å². The molecule has 0 aliphatic rings. The number of nitrogens with two attached hydrogens (primary N) is 1. The zero-order valence-electron chi connectivity index (χ0n) is 17.1. The Hall–Kier alpha value is -3.13. The lowest BCUT2D eigenvalue weighted by atomic mass is 10.1. The number of Topliss-reactive ketones (excluding diaryl/α,β-unsaturated/α-hetero) is 1. The van der Waals surface area contributed by atoms with Gasteiger partial charge in [0.2, 0.25) is 0 Å². The Labute approximate surface area is 189 Å². The van der Waals surface area contributed by atoms with E-state index in [4.69, 9.17) is 22.1 Å². The minimum Gasteiger partial charge on any atom is -0.367 e. The van der Waals surface area contributed by atoms with Crippen molar-refractivity contribution in [2.75, 3.05) is 18.1 Å². The average molecular weight is 459 g/mol. The van der Waals surface area contributed by atoms with Crippen molar-refractivity contribution in [1.29, 1.82) is 0 Å². The van der Waals surface area contributed by atoms with Gasteiger partial charge in [-0.1, -0.05) is 54.1 Å². The highest BCUT2D eigenvalue weighted by atomic mass is 35.5. The summed E-state index contributed by atoms with van der Waals surface area (Å²) in [5.41, 5.74) is 6.80. The maximum absolute atomic E-state index is 14.7. The highest BCUT2D eigenvalue weighted by molar-refractivity contribution is 6.31. The molecule has 5 nitrogen and oxygen atoms in total. The average Bonchev–Trinajstić information content (AvgIpc) is 2.80. The standard InChI is InChI=1S/C24H21ClF2N2O3/c25-20-11-19(8-9-21(20)26)29(24(31)15-32-14-16-4-2-1-3-5-16)13-18-7-6-17(10-22(18)27)23(30)12-28/h1-11H,12-15,28H2. The van der Waals surface area contributed by atoms with Gasteiger partial charge in [-0.25, -0.2) is 8.78 Å². The zero-order valence-corrected chi connectivity index (χ0v) is 17.8. The molecule has 0 spiro atoms. The third-order valence-electron chi connectivity index (χ3n) is 4.74. The van der Waals surface area contributed by atoms with E-state index in [-0.39, 0.29) is 48.1 Å². The predicted octanol–water partition coefficient (Wildman–Crippen LogP) is 4.51. The number of carbonyl (C=O) groups excluding carboxylic acids is 2. The number of benzene rings is 3. The molecule has 0 saturated heterocycles. The summed E-state index contributed by atoms with van der Waals surface area (Å²) in [5, 5.41) is -0.171. The summed E-state index contributed by atoms with van der Waals surface area (Å²) in [4.78, 5) is 25.9. The SMILES string of the molecule is NCC(=O)c1ccc(CN(C(=O)COCc2ccccc2)c2ccc(F)c(Cl)c2)c(F)c1. The predicted molar refractivity (Wildman–Crippen MR) is 118 cm³/mol. The molecule has 3 aromatic carbocycles. The van der Waals surface area contributed by atoms with Gasteiger partial charge in [-0.2, -0.15) is 0 Å². The Kier molecular flexibility index (Phi) is 8.05. The van der Waals surface area contributed by atoms with Crippen LogP contribution in [0.2, 0.25) is 5.02 Å². The van der Waals surface area contributed by atoms with Crippen LogP contribution in [0.15, 0.2) is 66.7 Å². The molecule has 1 amide bonds. The molecule has 2 N–H and O–H groups in total. The van der Waals surface area contributed by atoms with Crippen LogP contribution in [0.3, 0.4) is 0 Å². The number of carbonyl (C=O) groups is 2.